The number of aliphatic hydroxyl groups is 1. The number of amides is 1. The summed E-state index contributed by atoms with van der Waals surface area (Å²) in [6.45, 7) is 4.72. The minimum absolute atomic E-state index is 0.0425. The van der Waals surface area contributed by atoms with Crippen molar-refractivity contribution in [2.24, 2.45) is 5.92 Å². The smallest absolute Gasteiger partial charge is 0.255 e. The molecule has 2 aliphatic rings. The van der Waals surface area contributed by atoms with Gasteiger partial charge in [0.1, 0.15) is 0 Å². The second-order valence-corrected chi connectivity index (χ2v) is 7.62. The molecule has 1 aromatic rings. The number of rotatable bonds is 8. The highest BCUT2D eigenvalue weighted by Crippen LogP contribution is 2.36. The third-order valence-electron chi connectivity index (χ3n) is 5.53. The molecule has 0 aromatic heterocycles. The van der Waals surface area contributed by atoms with Gasteiger partial charge in [0.05, 0.1) is 24.9 Å². The first-order valence-electron chi connectivity index (χ1n) is 10.4. The number of fused-ring (bicyclic) bond motifs is 1. The van der Waals surface area contributed by atoms with E-state index >= 15 is 0 Å². The molecule has 3 rings (SSSR count). The molecule has 29 heavy (non-hydrogen) atoms. The molecule has 2 aliphatic heterocycles. The maximum Gasteiger partial charge on any atom is 0.255 e. The monoisotopic (exact) mass is 407 g/mol. The van der Waals surface area contributed by atoms with Crippen molar-refractivity contribution in [3.63, 3.8) is 0 Å². The molecule has 1 amide bonds. The number of anilines is 1. The second-order valence-electron chi connectivity index (χ2n) is 7.62. The van der Waals surface area contributed by atoms with E-state index in [2.05, 4.69) is 15.5 Å². The Kier molecular flexibility index (Phi) is 7.97. The fraction of sp³-hybridized carbons (Fsp3) is 0.667. The molecule has 0 unspecified atom stereocenters. The molecular weight excluding hydrogens is 374 g/mol. The highest BCUT2D eigenvalue weighted by atomic mass is 16.5. The third kappa shape index (κ3) is 5.74. The minimum Gasteiger partial charge on any atom is -0.489 e. The predicted molar refractivity (Wildman–Crippen MR) is 111 cm³/mol. The Morgan fingerprint density at radius 3 is 2.93 bits per heavy atom. The van der Waals surface area contributed by atoms with E-state index in [4.69, 9.17) is 14.2 Å². The lowest BCUT2D eigenvalue weighted by molar-refractivity contribution is 0.0192. The van der Waals surface area contributed by atoms with Crippen LogP contribution in [0.4, 0.5) is 5.69 Å². The first kappa shape index (κ1) is 21.7. The zero-order chi connectivity index (χ0) is 20.6. The zero-order valence-electron chi connectivity index (χ0n) is 17.4. The molecule has 8 nitrogen and oxygen atoms in total. The van der Waals surface area contributed by atoms with Crippen LogP contribution in [0.1, 0.15) is 29.6 Å². The van der Waals surface area contributed by atoms with Crippen molar-refractivity contribution < 1.29 is 24.1 Å². The Balaban J connectivity index is 1.58. The number of hydrogen-bond donors (Lipinski definition) is 3. The SMILES string of the molecule is CNc1cc2c(c(C(=O)NC[C@@H]3CCN(CCCOC)C[C@H]3O)c1)OCCCO2. The van der Waals surface area contributed by atoms with Gasteiger partial charge < -0.3 is 34.9 Å². The van der Waals surface area contributed by atoms with Crippen molar-refractivity contribution in [2.75, 3.05) is 65.5 Å². The van der Waals surface area contributed by atoms with Crippen LogP contribution in [0.25, 0.3) is 0 Å². The highest BCUT2D eigenvalue weighted by Gasteiger charge is 2.28. The lowest BCUT2D eigenvalue weighted by Gasteiger charge is -2.36. The van der Waals surface area contributed by atoms with Crippen LogP contribution in [0.5, 0.6) is 11.5 Å². The summed E-state index contributed by atoms with van der Waals surface area (Å²) in [5, 5.41) is 16.6. The van der Waals surface area contributed by atoms with Gasteiger partial charge in [0.15, 0.2) is 11.5 Å². The number of benzene rings is 1. The molecule has 0 saturated carbocycles. The topological polar surface area (TPSA) is 92.3 Å². The Morgan fingerprint density at radius 2 is 2.17 bits per heavy atom. The Bertz CT molecular complexity index is 685. The van der Waals surface area contributed by atoms with E-state index in [1.165, 1.54) is 0 Å². The van der Waals surface area contributed by atoms with Crippen molar-refractivity contribution in [1.82, 2.24) is 10.2 Å². The van der Waals surface area contributed by atoms with E-state index in [1.54, 1.807) is 20.2 Å². The van der Waals surface area contributed by atoms with Crippen LogP contribution in [0, 0.1) is 5.92 Å². The Labute approximate surface area is 172 Å². The average molecular weight is 408 g/mol. The van der Waals surface area contributed by atoms with Crippen molar-refractivity contribution in [3.05, 3.63) is 17.7 Å². The molecule has 0 radical (unpaired) electrons. The van der Waals surface area contributed by atoms with Gasteiger partial charge in [-0.05, 0) is 25.5 Å². The van der Waals surface area contributed by atoms with Crippen molar-refractivity contribution in [3.8, 4) is 11.5 Å². The number of nitrogens with one attached hydrogen (secondary N) is 2. The number of methoxy groups -OCH3 is 1. The fourth-order valence-electron chi connectivity index (χ4n) is 3.82. The molecule has 0 bridgehead atoms. The summed E-state index contributed by atoms with van der Waals surface area (Å²) < 4.78 is 16.6. The van der Waals surface area contributed by atoms with Crippen LogP contribution < -0.4 is 20.1 Å². The van der Waals surface area contributed by atoms with E-state index in [-0.39, 0.29) is 11.8 Å². The maximum absolute atomic E-state index is 12.9. The highest BCUT2D eigenvalue weighted by molar-refractivity contribution is 5.99. The first-order chi connectivity index (χ1) is 14.1. The number of carbonyl (C=O) groups is 1. The van der Waals surface area contributed by atoms with Crippen LogP contribution in [-0.4, -0.2) is 82.2 Å². The molecule has 3 N–H and O–H groups in total. The van der Waals surface area contributed by atoms with E-state index in [9.17, 15) is 9.90 Å². The number of likely N-dealkylation sites (tertiary alicyclic amines) is 1. The van der Waals surface area contributed by atoms with Gasteiger partial charge in [0.25, 0.3) is 5.91 Å². The molecule has 162 valence electrons. The summed E-state index contributed by atoms with van der Waals surface area (Å²) in [6, 6.07) is 3.62. The molecule has 2 heterocycles. The van der Waals surface area contributed by atoms with Gasteiger partial charge in [-0.3, -0.25) is 4.79 Å². The van der Waals surface area contributed by atoms with Crippen molar-refractivity contribution >= 4 is 11.6 Å². The van der Waals surface area contributed by atoms with Crippen LogP contribution in [-0.2, 0) is 4.74 Å². The molecule has 0 spiro atoms. The molecule has 1 aromatic carbocycles. The average Bonchev–Trinajstić information content (AvgIpc) is 2.97. The minimum atomic E-state index is -0.452. The number of hydrogen-bond acceptors (Lipinski definition) is 7. The van der Waals surface area contributed by atoms with Gasteiger partial charge in [-0.1, -0.05) is 0 Å². The quantitative estimate of drug-likeness (QED) is 0.560. The fourth-order valence-corrected chi connectivity index (χ4v) is 3.82. The molecule has 8 heteroatoms. The molecular formula is C21H33N3O5. The number of carbonyl (C=O) groups excluding carboxylic acids is 1. The second kappa shape index (κ2) is 10.7. The lowest BCUT2D eigenvalue weighted by atomic mass is 9.93. The van der Waals surface area contributed by atoms with Gasteiger partial charge in [-0.25, -0.2) is 0 Å². The summed E-state index contributed by atoms with van der Waals surface area (Å²) in [5.74, 6) is 0.913. The van der Waals surface area contributed by atoms with Crippen LogP contribution >= 0.6 is 0 Å². The van der Waals surface area contributed by atoms with Crippen LogP contribution in [0.15, 0.2) is 12.1 Å². The van der Waals surface area contributed by atoms with Gasteiger partial charge in [-0.2, -0.15) is 0 Å². The summed E-state index contributed by atoms with van der Waals surface area (Å²) in [6.07, 6.45) is 2.13. The normalized spacial score (nSPS) is 22.0. The lowest BCUT2D eigenvalue weighted by Crippen LogP contribution is -2.48. The van der Waals surface area contributed by atoms with Gasteiger partial charge in [0.2, 0.25) is 0 Å². The molecule has 1 fully saturated rings. The number of piperidine rings is 1. The van der Waals surface area contributed by atoms with Gasteiger partial charge in [-0.15, -0.1) is 0 Å². The molecule has 2 atom stereocenters. The summed E-state index contributed by atoms with van der Waals surface area (Å²) in [4.78, 5) is 15.2. The predicted octanol–water partition coefficient (Wildman–Crippen LogP) is 1.34. The Morgan fingerprint density at radius 1 is 1.34 bits per heavy atom. The standard InChI is InChI=1S/C21H33N3O5/c1-22-16-11-17(20-19(12-16)28-9-4-10-29-20)21(26)23-13-15-5-7-24(14-18(15)25)6-3-8-27-2/h11-12,15,18,22,25H,3-10,13-14H2,1-2H3,(H,23,26)/t15-,18+/m0/s1. The maximum atomic E-state index is 12.9. The van der Waals surface area contributed by atoms with Gasteiger partial charge in [0, 0.05) is 64.5 Å². The molecule has 1 saturated heterocycles. The number of nitrogens with zero attached hydrogens (tertiary/aromatic N) is 1. The van der Waals surface area contributed by atoms with E-state index in [1.807, 2.05) is 6.07 Å². The van der Waals surface area contributed by atoms with Crippen LogP contribution in [0.3, 0.4) is 0 Å². The largest absolute Gasteiger partial charge is 0.489 e. The Hall–Kier alpha value is -2.03. The number of aliphatic hydroxyl groups excluding tert-OH is 1. The van der Waals surface area contributed by atoms with Crippen molar-refractivity contribution in [2.45, 2.75) is 25.4 Å². The first-order valence-corrected chi connectivity index (χ1v) is 10.4. The summed E-state index contributed by atoms with van der Waals surface area (Å²) in [7, 11) is 3.50. The number of β-amino-alcohol motifs (C(OH)–C–C–N with tert-alkyl or cyclic N) is 1. The van der Waals surface area contributed by atoms with E-state index < -0.39 is 6.10 Å². The summed E-state index contributed by atoms with van der Waals surface area (Å²) in [5.41, 5.74) is 1.25. The van der Waals surface area contributed by atoms with E-state index in [0.29, 0.717) is 43.4 Å². The number of ether oxygens (including phenoxy) is 3. The van der Waals surface area contributed by atoms with Crippen molar-refractivity contribution in [1.29, 1.82) is 0 Å². The zero-order valence-corrected chi connectivity index (χ0v) is 17.4. The van der Waals surface area contributed by atoms with Gasteiger partial charge >= 0.3 is 0 Å². The third-order valence-corrected chi connectivity index (χ3v) is 5.53. The van der Waals surface area contributed by atoms with E-state index in [0.717, 1.165) is 44.6 Å². The van der Waals surface area contributed by atoms with Crippen LogP contribution in [0.2, 0.25) is 0 Å². The summed E-state index contributed by atoms with van der Waals surface area (Å²) >= 11 is 0. The molecule has 0 aliphatic carbocycles.